The van der Waals surface area contributed by atoms with E-state index in [0.29, 0.717) is 39.3 Å². The largest absolute Gasteiger partial charge is 0.497 e. The summed E-state index contributed by atoms with van der Waals surface area (Å²) in [5.74, 6) is 1.29. The third-order valence-electron chi connectivity index (χ3n) is 5.62. The molecular formula is C26H22N4O3S. The van der Waals surface area contributed by atoms with Crippen molar-refractivity contribution in [1.82, 2.24) is 19.5 Å². The molecular weight excluding hydrogens is 448 g/mol. The monoisotopic (exact) mass is 470 g/mol. The van der Waals surface area contributed by atoms with Gasteiger partial charge in [-0.1, -0.05) is 48.2 Å². The third kappa shape index (κ3) is 4.20. The van der Waals surface area contributed by atoms with E-state index in [2.05, 4.69) is 9.97 Å². The molecule has 0 aliphatic carbocycles. The van der Waals surface area contributed by atoms with Crippen molar-refractivity contribution in [1.29, 1.82) is 0 Å². The Morgan fingerprint density at radius 1 is 0.912 bits per heavy atom. The first-order valence-electron chi connectivity index (χ1n) is 10.8. The van der Waals surface area contributed by atoms with Crippen LogP contribution in [0.25, 0.3) is 21.8 Å². The molecule has 5 rings (SSSR count). The summed E-state index contributed by atoms with van der Waals surface area (Å²) in [7, 11) is 1.62. The first-order chi connectivity index (χ1) is 16.5. The number of aromatic nitrogens is 4. The number of methoxy groups -OCH3 is 1. The summed E-state index contributed by atoms with van der Waals surface area (Å²) in [5, 5.41) is 1.42. The van der Waals surface area contributed by atoms with Crippen molar-refractivity contribution in [3.05, 3.63) is 105 Å². The van der Waals surface area contributed by atoms with Crippen LogP contribution in [0.5, 0.6) is 5.75 Å². The maximum absolute atomic E-state index is 13.4. The molecule has 2 heterocycles. The van der Waals surface area contributed by atoms with Crippen LogP contribution in [0.1, 0.15) is 23.6 Å². The van der Waals surface area contributed by atoms with Crippen LogP contribution in [0.3, 0.4) is 0 Å². The van der Waals surface area contributed by atoms with E-state index < -0.39 is 0 Å². The van der Waals surface area contributed by atoms with Gasteiger partial charge in [0.15, 0.2) is 5.16 Å². The molecule has 5 aromatic rings. The summed E-state index contributed by atoms with van der Waals surface area (Å²) >= 11 is 1.39. The van der Waals surface area contributed by atoms with E-state index in [1.54, 1.807) is 23.8 Å². The number of aromatic amines is 1. The Kier molecular flexibility index (Phi) is 5.90. The minimum Gasteiger partial charge on any atom is -0.497 e. The van der Waals surface area contributed by atoms with E-state index in [1.165, 1.54) is 11.8 Å². The molecule has 0 aliphatic rings. The number of para-hydroxylation sites is 2. The van der Waals surface area contributed by atoms with Crippen molar-refractivity contribution >= 4 is 33.6 Å². The van der Waals surface area contributed by atoms with Crippen LogP contribution in [-0.4, -0.2) is 26.6 Å². The minimum absolute atomic E-state index is 0.115. The highest BCUT2D eigenvalue weighted by Gasteiger charge is 2.18. The second kappa shape index (κ2) is 9.15. The van der Waals surface area contributed by atoms with Gasteiger partial charge in [0.05, 0.1) is 40.7 Å². The highest BCUT2D eigenvalue weighted by molar-refractivity contribution is 7.99. The summed E-state index contributed by atoms with van der Waals surface area (Å²) in [5.41, 5.74) is 1.92. The number of H-pyrrole nitrogens is 1. The summed E-state index contributed by atoms with van der Waals surface area (Å²) < 4.78 is 6.92. The lowest BCUT2D eigenvalue weighted by molar-refractivity contribution is 0.414. The van der Waals surface area contributed by atoms with Crippen LogP contribution < -0.4 is 15.9 Å². The van der Waals surface area contributed by atoms with Gasteiger partial charge in [-0.25, -0.2) is 9.97 Å². The lowest BCUT2D eigenvalue weighted by atomic mass is 10.2. The van der Waals surface area contributed by atoms with Gasteiger partial charge in [-0.15, -0.1) is 0 Å². The number of ether oxygens (including phenoxy) is 1. The zero-order valence-corrected chi connectivity index (χ0v) is 19.5. The quantitative estimate of drug-likeness (QED) is 0.289. The first kappa shape index (κ1) is 21.9. The molecule has 0 bridgehead atoms. The number of rotatable bonds is 6. The SMILES string of the molecule is COc1ccc(Cn2c(SC(C)c3nc4ccccc4c(=O)[nH]3)nc3ccccc3c2=O)cc1. The van der Waals surface area contributed by atoms with Gasteiger partial charge in [0.25, 0.3) is 11.1 Å². The van der Waals surface area contributed by atoms with Crippen molar-refractivity contribution in [3.63, 3.8) is 0 Å². The molecule has 0 fully saturated rings. The van der Waals surface area contributed by atoms with Gasteiger partial charge < -0.3 is 9.72 Å². The Morgan fingerprint density at radius 2 is 1.56 bits per heavy atom. The number of hydrogen-bond acceptors (Lipinski definition) is 6. The van der Waals surface area contributed by atoms with Crippen molar-refractivity contribution in [2.24, 2.45) is 0 Å². The fraction of sp³-hybridized carbons (Fsp3) is 0.154. The van der Waals surface area contributed by atoms with E-state index in [1.807, 2.05) is 67.6 Å². The molecule has 7 nitrogen and oxygen atoms in total. The second-order valence-corrected chi connectivity index (χ2v) is 9.19. The van der Waals surface area contributed by atoms with Gasteiger partial charge in [-0.2, -0.15) is 0 Å². The Bertz CT molecular complexity index is 1610. The highest BCUT2D eigenvalue weighted by Crippen LogP contribution is 2.32. The zero-order chi connectivity index (χ0) is 23.7. The number of nitrogens with one attached hydrogen (secondary N) is 1. The standard InChI is InChI=1S/C26H22N4O3S/c1-16(23-27-21-9-5-3-7-19(21)24(31)29-23)34-26-28-22-10-6-4-8-20(22)25(32)30(26)15-17-11-13-18(33-2)14-12-17/h3-14,16H,15H2,1-2H3,(H,27,29,31). The maximum Gasteiger partial charge on any atom is 0.262 e. The molecule has 8 heteroatoms. The number of hydrogen-bond donors (Lipinski definition) is 1. The third-order valence-corrected chi connectivity index (χ3v) is 6.72. The molecule has 0 aliphatic heterocycles. The Hall–Kier alpha value is -3.91. The van der Waals surface area contributed by atoms with E-state index in [9.17, 15) is 9.59 Å². The number of fused-ring (bicyclic) bond motifs is 2. The van der Waals surface area contributed by atoms with Crippen LogP contribution in [0.4, 0.5) is 0 Å². The van der Waals surface area contributed by atoms with E-state index in [-0.39, 0.29) is 16.4 Å². The zero-order valence-electron chi connectivity index (χ0n) is 18.7. The van der Waals surface area contributed by atoms with E-state index >= 15 is 0 Å². The molecule has 170 valence electrons. The van der Waals surface area contributed by atoms with Crippen LogP contribution in [0.2, 0.25) is 0 Å². The molecule has 0 amide bonds. The summed E-state index contributed by atoms with van der Waals surface area (Å²) in [4.78, 5) is 38.3. The van der Waals surface area contributed by atoms with Gasteiger partial charge in [0.1, 0.15) is 11.6 Å². The lowest BCUT2D eigenvalue weighted by Crippen LogP contribution is -2.24. The molecule has 2 aromatic heterocycles. The summed E-state index contributed by atoms with van der Waals surface area (Å²) in [6.45, 7) is 2.30. The van der Waals surface area contributed by atoms with Crippen LogP contribution in [0.15, 0.2) is 87.5 Å². The Morgan fingerprint density at radius 3 is 2.26 bits per heavy atom. The van der Waals surface area contributed by atoms with Gasteiger partial charge in [-0.3, -0.25) is 14.2 Å². The van der Waals surface area contributed by atoms with Crippen molar-refractivity contribution < 1.29 is 4.74 Å². The topological polar surface area (TPSA) is 89.9 Å². The van der Waals surface area contributed by atoms with Gasteiger partial charge in [0.2, 0.25) is 0 Å². The van der Waals surface area contributed by atoms with E-state index in [4.69, 9.17) is 9.72 Å². The smallest absolute Gasteiger partial charge is 0.262 e. The van der Waals surface area contributed by atoms with Crippen LogP contribution in [-0.2, 0) is 6.54 Å². The minimum atomic E-state index is -0.243. The predicted molar refractivity (Wildman–Crippen MR) is 135 cm³/mol. The summed E-state index contributed by atoms with van der Waals surface area (Å²) in [6.07, 6.45) is 0. The Labute approximate surface area is 199 Å². The fourth-order valence-corrected chi connectivity index (χ4v) is 4.77. The molecule has 0 saturated carbocycles. The van der Waals surface area contributed by atoms with Gasteiger partial charge in [0, 0.05) is 0 Å². The number of thioether (sulfide) groups is 1. The van der Waals surface area contributed by atoms with Crippen LogP contribution >= 0.6 is 11.8 Å². The average Bonchev–Trinajstić information content (AvgIpc) is 2.86. The maximum atomic E-state index is 13.4. The Balaban J connectivity index is 1.57. The number of nitrogens with zero attached hydrogens (tertiary/aromatic N) is 3. The van der Waals surface area contributed by atoms with Gasteiger partial charge >= 0.3 is 0 Å². The molecule has 1 atom stereocenters. The van der Waals surface area contributed by atoms with Crippen molar-refractivity contribution in [2.75, 3.05) is 7.11 Å². The highest BCUT2D eigenvalue weighted by atomic mass is 32.2. The fourth-order valence-electron chi connectivity index (χ4n) is 3.80. The molecule has 34 heavy (non-hydrogen) atoms. The molecule has 3 aromatic carbocycles. The normalized spacial score (nSPS) is 12.2. The average molecular weight is 471 g/mol. The summed E-state index contributed by atoms with van der Waals surface area (Å²) in [6, 6.07) is 22.2. The predicted octanol–water partition coefficient (Wildman–Crippen LogP) is 4.54. The number of benzene rings is 3. The van der Waals surface area contributed by atoms with Crippen molar-refractivity contribution in [2.45, 2.75) is 23.9 Å². The van der Waals surface area contributed by atoms with Crippen molar-refractivity contribution in [3.8, 4) is 5.75 Å². The molecule has 1 unspecified atom stereocenters. The second-order valence-electron chi connectivity index (χ2n) is 7.88. The molecule has 0 saturated heterocycles. The molecule has 1 N–H and O–H groups in total. The molecule has 0 radical (unpaired) electrons. The molecule has 0 spiro atoms. The first-order valence-corrected chi connectivity index (χ1v) is 11.7. The van der Waals surface area contributed by atoms with Gasteiger partial charge in [-0.05, 0) is 48.9 Å². The lowest BCUT2D eigenvalue weighted by Gasteiger charge is -2.16. The van der Waals surface area contributed by atoms with Crippen LogP contribution in [0, 0.1) is 0 Å². The van der Waals surface area contributed by atoms with E-state index in [0.717, 1.165) is 11.3 Å².